The van der Waals surface area contributed by atoms with Crippen LogP contribution in [0.5, 0.6) is 0 Å². The molecule has 0 unspecified atom stereocenters. The third-order valence-electron chi connectivity index (χ3n) is 2.72. The molecule has 66 valence electrons. The van der Waals surface area contributed by atoms with Gasteiger partial charge in [0.05, 0.1) is 6.20 Å². The Morgan fingerprint density at radius 3 is 3.25 bits per heavy atom. The van der Waals surface area contributed by atoms with Gasteiger partial charge in [-0.2, -0.15) is 5.10 Å². The molecule has 0 aromatic carbocycles. The SMILES string of the molecule is CN[C@@H]1CCCc2c1cnn2C. The van der Waals surface area contributed by atoms with Gasteiger partial charge in [0.25, 0.3) is 0 Å². The molecule has 1 aliphatic rings. The van der Waals surface area contributed by atoms with Crippen molar-refractivity contribution in [3.8, 4) is 0 Å². The van der Waals surface area contributed by atoms with E-state index in [1.165, 1.54) is 30.5 Å². The fraction of sp³-hybridized carbons (Fsp3) is 0.667. The van der Waals surface area contributed by atoms with E-state index in [1.54, 1.807) is 0 Å². The molecule has 0 aliphatic heterocycles. The molecule has 3 nitrogen and oxygen atoms in total. The lowest BCUT2D eigenvalue weighted by Crippen LogP contribution is -2.21. The molecule has 12 heavy (non-hydrogen) atoms. The minimum atomic E-state index is 0.530. The van der Waals surface area contributed by atoms with Crippen LogP contribution in [0.3, 0.4) is 0 Å². The Morgan fingerprint density at radius 1 is 1.67 bits per heavy atom. The summed E-state index contributed by atoms with van der Waals surface area (Å²) in [5.41, 5.74) is 2.80. The van der Waals surface area contributed by atoms with Crippen LogP contribution < -0.4 is 5.32 Å². The van der Waals surface area contributed by atoms with Gasteiger partial charge in [-0.1, -0.05) is 0 Å². The molecule has 0 spiro atoms. The maximum Gasteiger partial charge on any atom is 0.0540 e. The van der Waals surface area contributed by atoms with Crippen LogP contribution in [-0.2, 0) is 13.5 Å². The maximum atomic E-state index is 4.27. The highest BCUT2D eigenvalue weighted by atomic mass is 15.3. The van der Waals surface area contributed by atoms with Crippen molar-refractivity contribution in [2.75, 3.05) is 7.05 Å². The number of nitrogens with one attached hydrogen (secondary N) is 1. The van der Waals surface area contributed by atoms with Gasteiger partial charge in [0.15, 0.2) is 0 Å². The molecule has 0 fully saturated rings. The number of fused-ring (bicyclic) bond motifs is 1. The fourth-order valence-electron chi connectivity index (χ4n) is 2.01. The zero-order valence-electron chi connectivity index (χ0n) is 7.67. The summed E-state index contributed by atoms with van der Waals surface area (Å²) < 4.78 is 2.00. The summed E-state index contributed by atoms with van der Waals surface area (Å²) in [7, 11) is 4.05. The first-order valence-electron chi connectivity index (χ1n) is 4.51. The van der Waals surface area contributed by atoms with E-state index in [1.807, 2.05) is 25.0 Å². The van der Waals surface area contributed by atoms with Gasteiger partial charge in [0.1, 0.15) is 0 Å². The van der Waals surface area contributed by atoms with Gasteiger partial charge in [-0.3, -0.25) is 4.68 Å². The smallest absolute Gasteiger partial charge is 0.0540 e. The van der Waals surface area contributed by atoms with Gasteiger partial charge in [0.2, 0.25) is 0 Å². The first kappa shape index (κ1) is 7.80. The number of rotatable bonds is 1. The van der Waals surface area contributed by atoms with E-state index in [4.69, 9.17) is 0 Å². The average Bonchev–Trinajstić information content (AvgIpc) is 2.48. The van der Waals surface area contributed by atoms with Crippen molar-refractivity contribution in [2.45, 2.75) is 25.3 Å². The lowest BCUT2D eigenvalue weighted by atomic mass is 9.93. The van der Waals surface area contributed by atoms with Crippen LogP contribution in [0, 0.1) is 0 Å². The first-order valence-corrected chi connectivity index (χ1v) is 4.51. The third kappa shape index (κ3) is 1.05. The Balaban J connectivity index is 2.38. The molecule has 1 aromatic rings. The van der Waals surface area contributed by atoms with Crippen LogP contribution in [-0.4, -0.2) is 16.8 Å². The Hall–Kier alpha value is -0.830. The van der Waals surface area contributed by atoms with E-state index in [2.05, 4.69) is 10.4 Å². The standard InChI is InChI=1S/C9H15N3/c1-10-8-4-3-5-9-7(8)6-11-12(9)2/h6,8,10H,3-5H2,1-2H3/t8-/m1/s1. The number of aryl methyl sites for hydroxylation is 1. The van der Waals surface area contributed by atoms with E-state index < -0.39 is 0 Å². The first-order chi connectivity index (χ1) is 5.83. The van der Waals surface area contributed by atoms with Gasteiger partial charge >= 0.3 is 0 Å². The number of hydrogen-bond donors (Lipinski definition) is 1. The van der Waals surface area contributed by atoms with Gasteiger partial charge in [-0.25, -0.2) is 0 Å². The van der Waals surface area contributed by atoms with Crippen molar-refractivity contribution in [1.29, 1.82) is 0 Å². The van der Waals surface area contributed by atoms with E-state index in [0.717, 1.165) is 0 Å². The lowest BCUT2D eigenvalue weighted by Gasteiger charge is -2.21. The second-order valence-corrected chi connectivity index (χ2v) is 3.40. The molecule has 0 bridgehead atoms. The third-order valence-corrected chi connectivity index (χ3v) is 2.72. The highest BCUT2D eigenvalue weighted by Gasteiger charge is 2.21. The van der Waals surface area contributed by atoms with E-state index in [0.29, 0.717) is 6.04 Å². The molecule has 2 rings (SSSR count). The Bertz CT molecular complexity index is 277. The molecule has 0 saturated heterocycles. The van der Waals surface area contributed by atoms with E-state index >= 15 is 0 Å². The fourth-order valence-corrected chi connectivity index (χ4v) is 2.01. The number of hydrogen-bond acceptors (Lipinski definition) is 2. The second-order valence-electron chi connectivity index (χ2n) is 3.40. The minimum absolute atomic E-state index is 0.530. The summed E-state index contributed by atoms with van der Waals surface area (Å²) in [6.45, 7) is 0. The van der Waals surface area contributed by atoms with Crippen molar-refractivity contribution >= 4 is 0 Å². The van der Waals surface area contributed by atoms with Crippen LogP contribution in [0.2, 0.25) is 0 Å². The zero-order valence-corrected chi connectivity index (χ0v) is 7.67. The van der Waals surface area contributed by atoms with Gasteiger partial charge in [0, 0.05) is 24.3 Å². The van der Waals surface area contributed by atoms with E-state index in [9.17, 15) is 0 Å². The molecular weight excluding hydrogens is 150 g/mol. The molecule has 1 N–H and O–H groups in total. The molecule has 0 saturated carbocycles. The van der Waals surface area contributed by atoms with Crippen LogP contribution >= 0.6 is 0 Å². The normalized spacial score (nSPS) is 22.3. The largest absolute Gasteiger partial charge is 0.313 e. The summed E-state index contributed by atoms with van der Waals surface area (Å²) >= 11 is 0. The lowest BCUT2D eigenvalue weighted by molar-refractivity contribution is 0.486. The predicted molar refractivity (Wildman–Crippen MR) is 47.9 cm³/mol. The van der Waals surface area contributed by atoms with Crippen LogP contribution in [0.15, 0.2) is 6.20 Å². The molecule has 3 heteroatoms. The summed E-state index contributed by atoms with van der Waals surface area (Å²) in [6.07, 6.45) is 5.70. The van der Waals surface area contributed by atoms with Crippen LogP contribution in [0.4, 0.5) is 0 Å². The highest BCUT2D eigenvalue weighted by Crippen LogP contribution is 2.28. The second kappa shape index (κ2) is 2.90. The van der Waals surface area contributed by atoms with E-state index in [-0.39, 0.29) is 0 Å². The summed E-state index contributed by atoms with van der Waals surface area (Å²) in [6, 6.07) is 0.530. The Kier molecular flexibility index (Phi) is 1.89. The van der Waals surface area contributed by atoms with Gasteiger partial charge in [-0.05, 0) is 26.3 Å². The molecule has 1 heterocycles. The van der Waals surface area contributed by atoms with Crippen LogP contribution in [0.25, 0.3) is 0 Å². The minimum Gasteiger partial charge on any atom is -0.313 e. The molecular formula is C9H15N3. The maximum absolute atomic E-state index is 4.27. The van der Waals surface area contributed by atoms with Crippen molar-refractivity contribution in [3.63, 3.8) is 0 Å². The molecule has 1 aromatic heterocycles. The number of aromatic nitrogens is 2. The summed E-state index contributed by atoms with van der Waals surface area (Å²) in [5, 5.41) is 7.59. The topological polar surface area (TPSA) is 29.9 Å². The van der Waals surface area contributed by atoms with Crippen LogP contribution in [0.1, 0.15) is 30.1 Å². The van der Waals surface area contributed by atoms with Crippen molar-refractivity contribution < 1.29 is 0 Å². The van der Waals surface area contributed by atoms with Crippen molar-refractivity contribution in [1.82, 2.24) is 15.1 Å². The van der Waals surface area contributed by atoms with Gasteiger partial charge < -0.3 is 5.32 Å². The zero-order chi connectivity index (χ0) is 8.55. The average molecular weight is 165 g/mol. The van der Waals surface area contributed by atoms with Gasteiger partial charge in [-0.15, -0.1) is 0 Å². The summed E-state index contributed by atoms with van der Waals surface area (Å²) in [5.74, 6) is 0. The van der Waals surface area contributed by atoms with Crippen molar-refractivity contribution in [2.24, 2.45) is 7.05 Å². The number of nitrogens with zero attached hydrogens (tertiary/aromatic N) is 2. The van der Waals surface area contributed by atoms with Crippen molar-refractivity contribution in [3.05, 3.63) is 17.5 Å². The predicted octanol–water partition coefficient (Wildman–Crippen LogP) is 1.02. The quantitative estimate of drug-likeness (QED) is 0.673. The molecule has 1 aliphatic carbocycles. The highest BCUT2D eigenvalue weighted by molar-refractivity contribution is 5.24. The Labute approximate surface area is 72.8 Å². The molecule has 0 amide bonds. The monoisotopic (exact) mass is 165 g/mol. The molecule has 0 radical (unpaired) electrons. The molecule has 1 atom stereocenters. The Morgan fingerprint density at radius 2 is 2.50 bits per heavy atom. The summed E-state index contributed by atoms with van der Waals surface area (Å²) in [4.78, 5) is 0.